The lowest BCUT2D eigenvalue weighted by Crippen LogP contribution is -2.43. The molecule has 1 aromatic heterocycles. The Morgan fingerprint density at radius 1 is 1.35 bits per heavy atom. The topological polar surface area (TPSA) is 62.0 Å². The number of carbonyl (C=O) groups is 1. The molecule has 1 saturated carbocycles. The molecule has 0 bridgehead atoms. The van der Waals surface area contributed by atoms with Gasteiger partial charge in [-0.3, -0.25) is 9.59 Å². The molecule has 2 rings (SSSR count). The standard InChI is InChI=1S/C12H15BrN2O2/c13-8-4-1-2-5-9(8)15-12(17)10-6-3-7-11(16)14-10/h3,6-9H,1-2,4-5H2,(H,14,16)(H,15,17). The van der Waals surface area contributed by atoms with Crippen LogP contribution in [0.5, 0.6) is 0 Å². The molecule has 0 saturated heterocycles. The Labute approximate surface area is 108 Å². The van der Waals surface area contributed by atoms with E-state index in [0.29, 0.717) is 10.5 Å². The molecule has 1 aliphatic carbocycles. The molecule has 1 amide bonds. The molecule has 17 heavy (non-hydrogen) atoms. The minimum atomic E-state index is -0.253. The van der Waals surface area contributed by atoms with Crippen molar-refractivity contribution in [3.05, 3.63) is 34.2 Å². The third-order valence-electron chi connectivity index (χ3n) is 3.01. The van der Waals surface area contributed by atoms with E-state index >= 15 is 0 Å². The van der Waals surface area contributed by atoms with Crippen molar-refractivity contribution in [2.45, 2.75) is 36.6 Å². The highest BCUT2D eigenvalue weighted by Crippen LogP contribution is 2.24. The predicted molar refractivity (Wildman–Crippen MR) is 69.5 cm³/mol. The summed E-state index contributed by atoms with van der Waals surface area (Å²) < 4.78 is 0. The van der Waals surface area contributed by atoms with Crippen LogP contribution in [0.3, 0.4) is 0 Å². The number of H-pyrrole nitrogens is 1. The fourth-order valence-corrected chi connectivity index (χ4v) is 2.79. The zero-order valence-corrected chi connectivity index (χ0v) is 11.0. The van der Waals surface area contributed by atoms with Crippen LogP contribution in [0.15, 0.2) is 23.0 Å². The molecule has 92 valence electrons. The number of pyridine rings is 1. The second kappa shape index (κ2) is 5.49. The second-order valence-corrected chi connectivity index (χ2v) is 5.49. The molecule has 2 atom stereocenters. The number of alkyl halides is 1. The summed E-state index contributed by atoms with van der Waals surface area (Å²) in [4.78, 5) is 25.9. The maximum Gasteiger partial charge on any atom is 0.268 e. The van der Waals surface area contributed by atoms with E-state index in [0.717, 1.165) is 19.3 Å². The van der Waals surface area contributed by atoms with Gasteiger partial charge in [0.25, 0.3) is 5.91 Å². The van der Waals surface area contributed by atoms with E-state index < -0.39 is 0 Å². The number of halogens is 1. The SMILES string of the molecule is O=C(NC1CCCCC1Br)c1cccc(=O)[nH]1. The van der Waals surface area contributed by atoms with Gasteiger partial charge >= 0.3 is 0 Å². The van der Waals surface area contributed by atoms with Crippen molar-refractivity contribution in [1.82, 2.24) is 10.3 Å². The van der Waals surface area contributed by atoms with Gasteiger partial charge in [-0.1, -0.05) is 34.8 Å². The smallest absolute Gasteiger partial charge is 0.268 e. The van der Waals surface area contributed by atoms with Gasteiger partial charge in [0.2, 0.25) is 5.56 Å². The molecular formula is C12H15BrN2O2. The van der Waals surface area contributed by atoms with Crippen molar-refractivity contribution in [3.8, 4) is 0 Å². The van der Waals surface area contributed by atoms with E-state index in [9.17, 15) is 9.59 Å². The van der Waals surface area contributed by atoms with Gasteiger partial charge in [-0.2, -0.15) is 0 Å². The molecule has 0 spiro atoms. The molecule has 0 aliphatic heterocycles. The summed E-state index contributed by atoms with van der Waals surface area (Å²) in [6.07, 6.45) is 4.40. The van der Waals surface area contributed by atoms with Gasteiger partial charge < -0.3 is 10.3 Å². The molecule has 0 radical (unpaired) electrons. The van der Waals surface area contributed by atoms with Crippen LogP contribution in [0.25, 0.3) is 0 Å². The first-order chi connectivity index (χ1) is 8.16. The molecule has 1 aliphatic rings. The van der Waals surface area contributed by atoms with E-state index in [4.69, 9.17) is 0 Å². The fourth-order valence-electron chi connectivity index (χ4n) is 2.07. The molecule has 2 N–H and O–H groups in total. The Kier molecular flexibility index (Phi) is 3.99. The molecule has 2 unspecified atom stereocenters. The minimum Gasteiger partial charge on any atom is -0.347 e. The summed E-state index contributed by atoms with van der Waals surface area (Å²) in [5.41, 5.74) is 0.0689. The van der Waals surface area contributed by atoms with Crippen LogP contribution in [0.2, 0.25) is 0 Å². The Morgan fingerprint density at radius 2 is 2.12 bits per heavy atom. The van der Waals surface area contributed by atoms with Crippen LogP contribution >= 0.6 is 15.9 Å². The zero-order chi connectivity index (χ0) is 12.3. The zero-order valence-electron chi connectivity index (χ0n) is 9.41. The van der Waals surface area contributed by atoms with Crippen molar-refractivity contribution in [1.29, 1.82) is 0 Å². The maximum absolute atomic E-state index is 11.9. The summed E-state index contributed by atoms with van der Waals surface area (Å²) >= 11 is 3.58. The average Bonchev–Trinajstić information content (AvgIpc) is 2.32. The second-order valence-electron chi connectivity index (χ2n) is 4.31. The number of carbonyl (C=O) groups excluding carboxylic acids is 1. The predicted octanol–water partition coefficient (Wildman–Crippen LogP) is 1.81. The number of aromatic nitrogens is 1. The normalized spacial score (nSPS) is 24.3. The Bertz CT molecular complexity index is 458. The first-order valence-electron chi connectivity index (χ1n) is 5.81. The molecule has 0 aromatic carbocycles. The van der Waals surface area contributed by atoms with Crippen LogP contribution in [-0.4, -0.2) is 21.8 Å². The third kappa shape index (κ3) is 3.19. The molecule has 1 fully saturated rings. The third-order valence-corrected chi connectivity index (χ3v) is 4.11. The summed E-state index contributed by atoms with van der Waals surface area (Å²) in [6, 6.07) is 4.74. The summed E-state index contributed by atoms with van der Waals surface area (Å²) in [5.74, 6) is -0.209. The van der Waals surface area contributed by atoms with Crippen LogP contribution in [-0.2, 0) is 0 Å². The van der Waals surface area contributed by atoms with Crippen LogP contribution in [0, 0.1) is 0 Å². The van der Waals surface area contributed by atoms with Gasteiger partial charge in [0.05, 0.1) is 0 Å². The lowest BCUT2D eigenvalue weighted by Gasteiger charge is -2.28. The Hall–Kier alpha value is -1.10. The van der Waals surface area contributed by atoms with Gasteiger partial charge in [-0.15, -0.1) is 0 Å². The van der Waals surface area contributed by atoms with Crippen LogP contribution in [0.1, 0.15) is 36.2 Å². The number of amides is 1. The largest absolute Gasteiger partial charge is 0.347 e. The quantitative estimate of drug-likeness (QED) is 0.818. The number of nitrogens with one attached hydrogen (secondary N) is 2. The number of aromatic amines is 1. The minimum absolute atomic E-state index is 0.153. The summed E-state index contributed by atoms with van der Waals surface area (Å²) in [6.45, 7) is 0. The highest BCUT2D eigenvalue weighted by Gasteiger charge is 2.24. The molecule has 1 aromatic rings. The number of hydrogen-bond acceptors (Lipinski definition) is 2. The van der Waals surface area contributed by atoms with E-state index in [2.05, 4.69) is 26.2 Å². The van der Waals surface area contributed by atoms with Gasteiger partial charge in [0.1, 0.15) is 5.69 Å². The summed E-state index contributed by atoms with van der Waals surface area (Å²) in [7, 11) is 0. The molecule has 1 heterocycles. The highest BCUT2D eigenvalue weighted by atomic mass is 79.9. The monoisotopic (exact) mass is 298 g/mol. The molecule has 4 nitrogen and oxygen atoms in total. The first-order valence-corrected chi connectivity index (χ1v) is 6.72. The lowest BCUT2D eigenvalue weighted by molar-refractivity contribution is 0.0924. The van der Waals surface area contributed by atoms with Crippen molar-refractivity contribution in [2.75, 3.05) is 0 Å². The molecular weight excluding hydrogens is 284 g/mol. The first kappa shape index (κ1) is 12.4. The maximum atomic E-state index is 11.9. The van der Waals surface area contributed by atoms with Crippen molar-refractivity contribution in [3.63, 3.8) is 0 Å². The lowest BCUT2D eigenvalue weighted by atomic mass is 9.95. The average molecular weight is 299 g/mol. The van der Waals surface area contributed by atoms with E-state index in [1.807, 2.05) is 0 Å². The van der Waals surface area contributed by atoms with Gasteiger partial charge in [-0.05, 0) is 18.9 Å². The number of rotatable bonds is 2. The van der Waals surface area contributed by atoms with Crippen molar-refractivity contribution in [2.24, 2.45) is 0 Å². The fraction of sp³-hybridized carbons (Fsp3) is 0.500. The van der Waals surface area contributed by atoms with E-state index in [-0.39, 0.29) is 17.5 Å². The van der Waals surface area contributed by atoms with Gasteiger partial charge in [0.15, 0.2) is 0 Å². The van der Waals surface area contributed by atoms with Gasteiger partial charge in [-0.25, -0.2) is 0 Å². The van der Waals surface area contributed by atoms with Crippen molar-refractivity contribution < 1.29 is 4.79 Å². The van der Waals surface area contributed by atoms with E-state index in [1.54, 1.807) is 12.1 Å². The van der Waals surface area contributed by atoms with E-state index in [1.165, 1.54) is 12.5 Å². The highest BCUT2D eigenvalue weighted by molar-refractivity contribution is 9.09. The summed E-state index contributed by atoms with van der Waals surface area (Å²) in [5, 5.41) is 2.96. The van der Waals surface area contributed by atoms with Crippen LogP contribution in [0.4, 0.5) is 0 Å². The van der Waals surface area contributed by atoms with Gasteiger partial charge in [0, 0.05) is 16.9 Å². The number of hydrogen-bond donors (Lipinski definition) is 2. The van der Waals surface area contributed by atoms with Crippen molar-refractivity contribution >= 4 is 21.8 Å². The Morgan fingerprint density at radius 3 is 2.82 bits per heavy atom. The Balaban J connectivity index is 2.03. The molecule has 5 heteroatoms. The van der Waals surface area contributed by atoms with Crippen LogP contribution < -0.4 is 10.9 Å².